The highest BCUT2D eigenvalue weighted by atomic mass is 35.5. The fraction of sp³-hybridized carbons (Fsp3) is 0.440. The number of benzene rings is 2. The number of piperidine rings is 1. The van der Waals surface area contributed by atoms with E-state index >= 15 is 0 Å². The van der Waals surface area contributed by atoms with Gasteiger partial charge in [-0.3, -0.25) is 14.5 Å². The minimum absolute atomic E-state index is 0.0141. The van der Waals surface area contributed by atoms with Crippen LogP contribution in [0.3, 0.4) is 0 Å². The van der Waals surface area contributed by atoms with Gasteiger partial charge in [0.25, 0.3) is 5.91 Å². The normalized spacial score (nSPS) is 16.6. The van der Waals surface area contributed by atoms with Gasteiger partial charge in [-0.2, -0.15) is 0 Å². The van der Waals surface area contributed by atoms with Crippen LogP contribution in [0, 0.1) is 0 Å². The van der Waals surface area contributed by atoms with Gasteiger partial charge >= 0.3 is 6.36 Å². The number of ether oxygens (including phenoxy) is 1. The number of carbonyl (C=O) groups excluding carboxylic acids is 2. The first-order valence-electron chi connectivity index (χ1n) is 11.9. The quantitative estimate of drug-likeness (QED) is 0.467. The summed E-state index contributed by atoms with van der Waals surface area (Å²) in [6.45, 7) is 3.92. The van der Waals surface area contributed by atoms with E-state index in [1.165, 1.54) is 44.2 Å². The molecule has 2 aromatic carbocycles. The van der Waals surface area contributed by atoms with E-state index in [0.717, 1.165) is 18.9 Å². The summed E-state index contributed by atoms with van der Waals surface area (Å²) in [6.07, 6.45) is -3.44. The van der Waals surface area contributed by atoms with E-state index in [2.05, 4.69) is 15.4 Å². The van der Waals surface area contributed by atoms with Crippen molar-refractivity contribution >= 4 is 33.3 Å². The summed E-state index contributed by atoms with van der Waals surface area (Å²) < 4.78 is 68.6. The van der Waals surface area contributed by atoms with Crippen molar-refractivity contribution in [1.82, 2.24) is 15.5 Å². The van der Waals surface area contributed by atoms with Crippen molar-refractivity contribution in [3.05, 3.63) is 58.1 Å². The van der Waals surface area contributed by atoms with Gasteiger partial charge < -0.3 is 15.4 Å². The van der Waals surface area contributed by atoms with Gasteiger partial charge in [0.2, 0.25) is 5.91 Å². The molecule has 1 heterocycles. The Morgan fingerprint density at radius 3 is 2.55 bits per heavy atom. The Hall–Kier alpha value is -2.83. The van der Waals surface area contributed by atoms with Crippen LogP contribution in [0.25, 0.3) is 0 Å². The van der Waals surface area contributed by atoms with Crippen LogP contribution in [0.4, 0.5) is 13.2 Å². The molecule has 0 spiro atoms. The monoisotopic (exact) mass is 575 g/mol. The average Bonchev–Trinajstić information content (AvgIpc) is 2.82. The lowest BCUT2D eigenvalue weighted by Crippen LogP contribution is -2.46. The molecule has 2 N–H and O–H groups in total. The van der Waals surface area contributed by atoms with Crippen LogP contribution in [0.2, 0.25) is 5.02 Å². The molecule has 0 radical (unpaired) electrons. The van der Waals surface area contributed by atoms with Gasteiger partial charge in [0.15, 0.2) is 9.84 Å². The standard InChI is InChI=1S/C25H29ClF3N3O5S/c1-3-38(35,36)23-9-8-20(26)11-19(23)13-30-24(34)17-6-7-18(22(12-17)37-25(27,28)29)14-32-10-4-5-21(15-32)31-16(2)33/h6-9,11-12,21H,3-5,10,13-15H2,1-2H3,(H,30,34)(H,31,33). The Kier molecular flexibility index (Phi) is 9.66. The van der Waals surface area contributed by atoms with Crippen LogP contribution in [-0.2, 0) is 27.7 Å². The number of nitrogens with one attached hydrogen (secondary N) is 2. The molecule has 0 saturated carbocycles. The van der Waals surface area contributed by atoms with E-state index in [4.69, 9.17) is 11.6 Å². The van der Waals surface area contributed by atoms with Crippen molar-refractivity contribution in [2.45, 2.75) is 57.1 Å². The summed E-state index contributed by atoms with van der Waals surface area (Å²) in [5, 5.41) is 5.65. The lowest BCUT2D eigenvalue weighted by molar-refractivity contribution is -0.275. The maximum Gasteiger partial charge on any atom is 0.573 e. The van der Waals surface area contributed by atoms with E-state index in [1.807, 2.05) is 4.90 Å². The van der Waals surface area contributed by atoms with Crippen molar-refractivity contribution in [3.63, 3.8) is 0 Å². The van der Waals surface area contributed by atoms with Gasteiger partial charge in [-0.25, -0.2) is 8.42 Å². The summed E-state index contributed by atoms with van der Waals surface area (Å²) >= 11 is 6.00. The highest BCUT2D eigenvalue weighted by Crippen LogP contribution is 2.30. The van der Waals surface area contributed by atoms with Gasteiger partial charge in [-0.15, -0.1) is 13.2 Å². The third-order valence-electron chi connectivity index (χ3n) is 6.04. The molecule has 1 saturated heterocycles. The lowest BCUT2D eigenvalue weighted by atomic mass is 10.0. The molecule has 38 heavy (non-hydrogen) atoms. The topological polar surface area (TPSA) is 105 Å². The third kappa shape index (κ3) is 8.34. The van der Waals surface area contributed by atoms with Crippen LogP contribution in [0.5, 0.6) is 5.75 Å². The number of carbonyl (C=O) groups is 2. The van der Waals surface area contributed by atoms with Gasteiger partial charge in [0, 0.05) is 48.7 Å². The maximum absolute atomic E-state index is 13.2. The highest BCUT2D eigenvalue weighted by molar-refractivity contribution is 7.91. The molecular formula is C25H29ClF3N3O5S. The number of likely N-dealkylation sites (tertiary alicyclic amines) is 1. The van der Waals surface area contributed by atoms with Gasteiger partial charge in [-0.1, -0.05) is 24.6 Å². The summed E-state index contributed by atoms with van der Waals surface area (Å²) in [5.41, 5.74) is 0.396. The summed E-state index contributed by atoms with van der Waals surface area (Å²) in [5.74, 6) is -1.56. The van der Waals surface area contributed by atoms with Crippen molar-refractivity contribution in [2.24, 2.45) is 0 Å². The fourth-order valence-corrected chi connectivity index (χ4v) is 5.63. The number of rotatable bonds is 9. The number of hydrogen-bond donors (Lipinski definition) is 2. The zero-order chi connectivity index (χ0) is 28.1. The summed E-state index contributed by atoms with van der Waals surface area (Å²) in [6, 6.07) is 7.87. The van der Waals surface area contributed by atoms with E-state index in [9.17, 15) is 31.2 Å². The van der Waals surface area contributed by atoms with E-state index in [1.54, 1.807) is 0 Å². The van der Waals surface area contributed by atoms with Crippen LogP contribution in [0.1, 0.15) is 48.2 Å². The zero-order valence-electron chi connectivity index (χ0n) is 20.9. The lowest BCUT2D eigenvalue weighted by Gasteiger charge is -2.33. The van der Waals surface area contributed by atoms with Crippen molar-refractivity contribution in [1.29, 1.82) is 0 Å². The Morgan fingerprint density at radius 2 is 1.89 bits per heavy atom. The summed E-state index contributed by atoms with van der Waals surface area (Å²) in [7, 11) is -3.60. The van der Waals surface area contributed by atoms with Crippen molar-refractivity contribution < 1.29 is 35.9 Å². The van der Waals surface area contributed by atoms with Crippen LogP contribution < -0.4 is 15.4 Å². The molecule has 1 unspecified atom stereocenters. The molecule has 0 aromatic heterocycles. The van der Waals surface area contributed by atoms with Crippen LogP contribution >= 0.6 is 11.6 Å². The molecule has 1 aliphatic rings. The molecule has 2 aromatic rings. The molecule has 3 rings (SSSR count). The molecule has 2 amide bonds. The van der Waals surface area contributed by atoms with E-state index < -0.39 is 27.9 Å². The Labute approximate surface area is 224 Å². The van der Waals surface area contributed by atoms with Gasteiger partial charge in [-0.05, 0) is 55.3 Å². The first kappa shape index (κ1) is 29.7. The maximum atomic E-state index is 13.2. The van der Waals surface area contributed by atoms with Gasteiger partial charge in [0.05, 0.1) is 10.6 Å². The van der Waals surface area contributed by atoms with Gasteiger partial charge in [0.1, 0.15) is 5.75 Å². The largest absolute Gasteiger partial charge is 0.573 e. The second-order valence-corrected chi connectivity index (χ2v) is 11.7. The molecule has 1 aliphatic heterocycles. The molecule has 8 nitrogen and oxygen atoms in total. The second kappa shape index (κ2) is 12.4. The smallest absolute Gasteiger partial charge is 0.405 e. The fourth-order valence-electron chi connectivity index (χ4n) is 4.31. The number of alkyl halides is 3. The zero-order valence-corrected chi connectivity index (χ0v) is 22.5. The Balaban J connectivity index is 1.79. The predicted octanol–water partition coefficient (Wildman–Crippen LogP) is 4.06. The van der Waals surface area contributed by atoms with Crippen molar-refractivity contribution in [3.8, 4) is 5.75 Å². The third-order valence-corrected chi connectivity index (χ3v) is 8.10. The Bertz CT molecular complexity index is 1290. The highest BCUT2D eigenvalue weighted by Gasteiger charge is 2.33. The first-order valence-corrected chi connectivity index (χ1v) is 14.0. The minimum atomic E-state index is -4.98. The van der Waals surface area contributed by atoms with Crippen LogP contribution in [0.15, 0.2) is 41.3 Å². The molecule has 0 bridgehead atoms. The van der Waals surface area contributed by atoms with Crippen molar-refractivity contribution in [2.75, 3.05) is 18.8 Å². The minimum Gasteiger partial charge on any atom is -0.405 e. The number of nitrogens with zero attached hydrogens (tertiary/aromatic N) is 1. The number of amides is 2. The number of hydrogen-bond acceptors (Lipinski definition) is 6. The SMILES string of the molecule is CCS(=O)(=O)c1ccc(Cl)cc1CNC(=O)c1ccc(CN2CCCC(NC(C)=O)C2)c(OC(F)(F)F)c1. The van der Waals surface area contributed by atoms with E-state index in [-0.39, 0.29) is 57.4 Å². The molecular weight excluding hydrogens is 547 g/mol. The number of sulfone groups is 1. The second-order valence-electron chi connectivity index (χ2n) is 8.98. The Morgan fingerprint density at radius 1 is 1.16 bits per heavy atom. The number of halogens is 4. The first-order chi connectivity index (χ1) is 17.8. The summed E-state index contributed by atoms with van der Waals surface area (Å²) in [4.78, 5) is 26.1. The molecule has 1 atom stereocenters. The molecule has 13 heteroatoms. The molecule has 208 valence electrons. The van der Waals surface area contributed by atoms with Crippen LogP contribution in [-0.4, -0.2) is 56.4 Å². The molecule has 0 aliphatic carbocycles. The molecule has 1 fully saturated rings. The predicted molar refractivity (Wildman–Crippen MR) is 136 cm³/mol. The average molecular weight is 576 g/mol. The van der Waals surface area contributed by atoms with E-state index in [0.29, 0.717) is 13.1 Å².